The van der Waals surface area contributed by atoms with Crippen LogP contribution in [0.4, 0.5) is 0 Å². The number of aryl methyl sites for hydroxylation is 2. The Morgan fingerprint density at radius 2 is 2.00 bits per heavy atom. The van der Waals surface area contributed by atoms with Crippen molar-refractivity contribution in [3.8, 4) is 0 Å². The van der Waals surface area contributed by atoms with Crippen molar-refractivity contribution in [3.63, 3.8) is 0 Å². The van der Waals surface area contributed by atoms with Gasteiger partial charge in [0.1, 0.15) is 0 Å². The fraction of sp³-hybridized carbons (Fsp3) is 0.381. The number of aromatic nitrogens is 5. The molecule has 1 fully saturated rings. The summed E-state index contributed by atoms with van der Waals surface area (Å²) in [7, 11) is 1.93. The fourth-order valence-electron chi connectivity index (χ4n) is 4.47. The molecule has 0 amide bonds. The molecular weight excluding hydrogens is 352 g/mol. The molecule has 7 heteroatoms. The van der Waals surface area contributed by atoms with E-state index in [1.165, 1.54) is 5.56 Å². The number of para-hydroxylation sites is 2. The number of H-pyrrole nitrogens is 1. The maximum Gasteiger partial charge on any atom is 0.326 e. The van der Waals surface area contributed by atoms with Crippen molar-refractivity contribution in [2.24, 2.45) is 7.05 Å². The summed E-state index contributed by atoms with van der Waals surface area (Å²) in [5.41, 5.74) is 5.09. The molecule has 1 aromatic carbocycles. The van der Waals surface area contributed by atoms with Crippen LogP contribution in [0.2, 0.25) is 0 Å². The van der Waals surface area contributed by atoms with E-state index in [4.69, 9.17) is 0 Å². The molecule has 0 radical (unpaired) electrons. The minimum Gasteiger partial charge on any atom is -0.306 e. The van der Waals surface area contributed by atoms with Crippen molar-refractivity contribution in [1.82, 2.24) is 29.2 Å². The Morgan fingerprint density at radius 1 is 1.21 bits per heavy atom. The summed E-state index contributed by atoms with van der Waals surface area (Å²) in [6.07, 6.45) is 3.91. The number of nitrogens with one attached hydrogen (secondary N) is 1. The first-order chi connectivity index (χ1) is 13.6. The largest absolute Gasteiger partial charge is 0.326 e. The van der Waals surface area contributed by atoms with E-state index < -0.39 is 0 Å². The molecule has 4 aromatic rings. The minimum absolute atomic E-state index is 0.00125. The lowest BCUT2D eigenvalue weighted by Crippen LogP contribution is -2.36. The van der Waals surface area contributed by atoms with E-state index >= 15 is 0 Å². The second-order valence-corrected chi connectivity index (χ2v) is 7.75. The van der Waals surface area contributed by atoms with Crippen LogP contribution in [0.3, 0.4) is 0 Å². The Kier molecular flexibility index (Phi) is 4.05. The summed E-state index contributed by atoms with van der Waals surface area (Å²) in [5.74, 6) is 0. The lowest BCUT2D eigenvalue weighted by Gasteiger charge is -2.32. The third-order valence-electron chi connectivity index (χ3n) is 5.87. The molecule has 28 heavy (non-hydrogen) atoms. The van der Waals surface area contributed by atoms with E-state index in [2.05, 4.69) is 26.0 Å². The van der Waals surface area contributed by atoms with Crippen LogP contribution in [-0.4, -0.2) is 42.3 Å². The van der Waals surface area contributed by atoms with Gasteiger partial charge in [0.05, 0.1) is 16.7 Å². The van der Waals surface area contributed by atoms with E-state index in [0.717, 1.165) is 60.2 Å². The van der Waals surface area contributed by atoms with Gasteiger partial charge in [-0.25, -0.2) is 9.78 Å². The maximum atomic E-state index is 12.4. The molecule has 0 saturated carbocycles. The number of rotatable bonds is 3. The zero-order valence-electron chi connectivity index (χ0n) is 16.2. The Balaban J connectivity index is 1.31. The Bertz CT molecular complexity index is 1210. The van der Waals surface area contributed by atoms with Crippen molar-refractivity contribution in [2.45, 2.75) is 32.4 Å². The SMILES string of the molecule is Cc1nn(C)c2ncc(CN3CCC(n4c(=O)[nH]c5ccccc54)CC3)cc12. The van der Waals surface area contributed by atoms with E-state index in [0.29, 0.717) is 0 Å². The number of hydrogen-bond acceptors (Lipinski definition) is 4. The number of likely N-dealkylation sites (tertiary alicyclic amines) is 1. The number of pyridine rings is 1. The van der Waals surface area contributed by atoms with Gasteiger partial charge in [0.2, 0.25) is 0 Å². The Hall–Kier alpha value is -2.93. The zero-order chi connectivity index (χ0) is 19.3. The third-order valence-corrected chi connectivity index (χ3v) is 5.87. The molecule has 5 rings (SSSR count). The first-order valence-corrected chi connectivity index (χ1v) is 9.80. The van der Waals surface area contributed by atoms with Crippen molar-refractivity contribution in [2.75, 3.05) is 13.1 Å². The van der Waals surface area contributed by atoms with Crippen LogP contribution in [0.15, 0.2) is 41.3 Å². The van der Waals surface area contributed by atoms with Gasteiger partial charge >= 0.3 is 5.69 Å². The van der Waals surface area contributed by atoms with Gasteiger partial charge in [-0.3, -0.25) is 14.1 Å². The number of fused-ring (bicyclic) bond motifs is 2. The molecule has 1 saturated heterocycles. The van der Waals surface area contributed by atoms with Gasteiger partial charge in [-0.2, -0.15) is 5.10 Å². The number of nitrogens with zero attached hydrogens (tertiary/aromatic N) is 5. The lowest BCUT2D eigenvalue weighted by molar-refractivity contribution is 0.180. The second kappa shape index (κ2) is 6.60. The summed E-state index contributed by atoms with van der Waals surface area (Å²) in [5, 5.41) is 5.58. The predicted octanol–water partition coefficient (Wildman–Crippen LogP) is 2.76. The van der Waals surface area contributed by atoms with Gasteiger partial charge in [-0.15, -0.1) is 0 Å². The van der Waals surface area contributed by atoms with Gasteiger partial charge in [-0.05, 0) is 43.5 Å². The van der Waals surface area contributed by atoms with Crippen LogP contribution in [0.5, 0.6) is 0 Å². The average molecular weight is 376 g/mol. The summed E-state index contributed by atoms with van der Waals surface area (Å²) >= 11 is 0. The minimum atomic E-state index is 0.00125. The first kappa shape index (κ1) is 17.2. The van der Waals surface area contributed by atoms with Crippen molar-refractivity contribution < 1.29 is 0 Å². The van der Waals surface area contributed by atoms with Crippen molar-refractivity contribution in [1.29, 1.82) is 0 Å². The molecule has 0 atom stereocenters. The van der Waals surface area contributed by atoms with Gasteiger partial charge in [-0.1, -0.05) is 12.1 Å². The van der Waals surface area contributed by atoms with Crippen LogP contribution in [-0.2, 0) is 13.6 Å². The van der Waals surface area contributed by atoms with Crippen molar-refractivity contribution >= 4 is 22.1 Å². The number of hydrogen-bond donors (Lipinski definition) is 1. The molecule has 1 aliphatic heterocycles. The highest BCUT2D eigenvalue weighted by atomic mass is 16.1. The first-order valence-electron chi connectivity index (χ1n) is 9.80. The van der Waals surface area contributed by atoms with Gasteiger partial charge in [0.15, 0.2) is 5.65 Å². The van der Waals surface area contributed by atoms with Crippen LogP contribution >= 0.6 is 0 Å². The van der Waals surface area contributed by atoms with Gasteiger partial charge in [0.25, 0.3) is 0 Å². The van der Waals surface area contributed by atoms with Crippen molar-refractivity contribution in [3.05, 3.63) is 58.3 Å². The van der Waals surface area contributed by atoms with E-state index in [-0.39, 0.29) is 11.7 Å². The molecule has 0 spiro atoms. The Labute approximate surface area is 162 Å². The van der Waals surface area contributed by atoms with E-state index in [1.807, 2.05) is 53.7 Å². The molecule has 4 heterocycles. The molecule has 0 aliphatic carbocycles. The summed E-state index contributed by atoms with van der Waals surface area (Å²) in [6.45, 7) is 4.85. The van der Waals surface area contributed by atoms with Crippen LogP contribution in [0, 0.1) is 6.92 Å². The number of aromatic amines is 1. The fourth-order valence-corrected chi connectivity index (χ4v) is 4.47. The highest BCUT2D eigenvalue weighted by Gasteiger charge is 2.23. The zero-order valence-corrected chi connectivity index (χ0v) is 16.2. The molecule has 1 N–H and O–H groups in total. The normalized spacial score (nSPS) is 16.4. The van der Waals surface area contributed by atoms with Gasteiger partial charge < -0.3 is 4.98 Å². The molecule has 144 valence electrons. The third kappa shape index (κ3) is 2.82. The molecular formula is C21H24N6O. The topological polar surface area (TPSA) is 71.7 Å². The predicted molar refractivity (Wildman–Crippen MR) is 109 cm³/mol. The quantitative estimate of drug-likeness (QED) is 0.597. The highest BCUT2D eigenvalue weighted by molar-refractivity contribution is 5.78. The molecule has 0 bridgehead atoms. The lowest BCUT2D eigenvalue weighted by atomic mass is 10.0. The number of piperidine rings is 1. The molecule has 7 nitrogen and oxygen atoms in total. The van der Waals surface area contributed by atoms with E-state index in [1.54, 1.807) is 0 Å². The summed E-state index contributed by atoms with van der Waals surface area (Å²) < 4.78 is 3.78. The molecule has 0 unspecified atom stereocenters. The summed E-state index contributed by atoms with van der Waals surface area (Å²) in [4.78, 5) is 22.5. The van der Waals surface area contributed by atoms with E-state index in [9.17, 15) is 4.79 Å². The average Bonchev–Trinajstić information content (AvgIpc) is 3.18. The number of benzene rings is 1. The molecule has 3 aromatic heterocycles. The van der Waals surface area contributed by atoms with Gasteiger partial charge in [0, 0.05) is 44.3 Å². The maximum absolute atomic E-state index is 12.4. The van der Waals surface area contributed by atoms with Crippen LogP contribution in [0.25, 0.3) is 22.1 Å². The highest BCUT2D eigenvalue weighted by Crippen LogP contribution is 2.26. The standard InChI is InChI=1S/C21H24N6O/c1-14-17-11-15(12-22-20(17)25(2)24-14)13-26-9-7-16(8-10-26)27-19-6-4-3-5-18(19)23-21(27)28/h3-6,11-12,16H,7-10,13H2,1-2H3,(H,23,28). The monoisotopic (exact) mass is 376 g/mol. The summed E-state index contributed by atoms with van der Waals surface area (Å²) in [6, 6.07) is 10.4. The van der Waals surface area contributed by atoms with Crippen LogP contribution in [0.1, 0.15) is 30.1 Å². The number of imidazole rings is 1. The second-order valence-electron chi connectivity index (χ2n) is 7.75. The van der Waals surface area contributed by atoms with Crippen LogP contribution < -0.4 is 5.69 Å². The molecule has 1 aliphatic rings. The smallest absolute Gasteiger partial charge is 0.306 e. The Morgan fingerprint density at radius 3 is 2.82 bits per heavy atom.